The SMILES string of the molecule is COc1ccc(Br)cc1/C=C/C(=O)NNC(=O)COc1cc(C)cc(C)c1. The largest absolute Gasteiger partial charge is 0.496 e. The van der Waals surface area contributed by atoms with Crippen molar-refractivity contribution >= 4 is 33.8 Å². The number of carbonyl (C=O) groups excluding carboxylic acids is 2. The molecule has 0 fully saturated rings. The lowest BCUT2D eigenvalue weighted by atomic mass is 10.1. The fourth-order valence-corrected chi connectivity index (χ4v) is 2.75. The second-order valence-corrected chi connectivity index (χ2v) is 6.78. The van der Waals surface area contributed by atoms with Crippen LogP contribution in [-0.4, -0.2) is 25.5 Å². The third-order valence-electron chi connectivity index (χ3n) is 3.50. The minimum atomic E-state index is -0.475. The molecule has 0 aliphatic rings. The molecule has 0 heterocycles. The molecule has 142 valence electrons. The van der Waals surface area contributed by atoms with Gasteiger partial charge >= 0.3 is 0 Å². The number of carbonyl (C=O) groups is 2. The van der Waals surface area contributed by atoms with Crippen molar-refractivity contribution in [2.45, 2.75) is 13.8 Å². The van der Waals surface area contributed by atoms with Crippen LogP contribution in [0.25, 0.3) is 6.08 Å². The first-order chi connectivity index (χ1) is 12.9. The normalized spacial score (nSPS) is 10.5. The number of amides is 2. The molecule has 0 spiro atoms. The van der Waals surface area contributed by atoms with E-state index < -0.39 is 11.8 Å². The molecule has 0 aromatic heterocycles. The molecular weight excluding hydrogens is 412 g/mol. The van der Waals surface area contributed by atoms with Crippen LogP contribution in [0.4, 0.5) is 0 Å². The molecule has 6 nitrogen and oxygen atoms in total. The van der Waals surface area contributed by atoms with Crippen LogP contribution in [0.15, 0.2) is 46.9 Å². The number of aryl methyl sites for hydroxylation is 2. The smallest absolute Gasteiger partial charge is 0.276 e. The summed E-state index contributed by atoms with van der Waals surface area (Å²) in [4.78, 5) is 23.7. The van der Waals surface area contributed by atoms with Gasteiger partial charge in [0.25, 0.3) is 11.8 Å². The molecule has 0 unspecified atom stereocenters. The van der Waals surface area contributed by atoms with Gasteiger partial charge in [0, 0.05) is 16.1 Å². The summed E-state index contributed by atoms with van der Waals surface area (Å²) in [5.74, 6) is 0.302. The quantitative estimate of drug-likeness (QED) is 0.542. The highest BCUT2D eigenvalue weighted by atomic mass is 79.9. The third-order valence-corrected chi connectivity index (χ3v) is 3.99. The molecule has 2 N–H and O–H groups in total. The van der Waals surface area contributed by atoms with Gasteiger partial charge in [0.05, 0.1) is 7.11 Å². The lowest BCUT2D eigenvalue weighted by molar-refractivity contribution is -0.128. The molecule has 0 saturated carbocycles. The number of hydrogen-bond donors (Lipinski definition) is 2. The summed E-state index contributed by atoms with van der Waals surface area (Å²) in [6.45, 7) is 3.70. The first kappa shape index (κ1) is 20.5. The van der Waals surface area contributed by atoms with Crippen LogP contribution >= 0.6 is 15.9 Å². The van der Waals surface area contributed by atoms with Gasteiger partial charge in [-0.15, -0.1) is 0 Å². The fraction of sp³-hybridized carbons (Fsp3) is 0.200. The van der Waals surface area contributed by atoms with E-state index in [1.807, 2.05) is 44.2 Å². The zero-order valence-electron chi connectivity index (χ0n) is 15.3. The van der Waals surface area contributed by atoms with E-state index >= 15 is 0 Å². The van der Waals surface area contributed by atoms with E-state index in [-0.39, 0.29) is 6.61 Å². The second-order valence-electron chi connectivity index (χ2n) is 5.87. The van der Waals surface area contributed by atoms with Gasteiger partial charge in [0.2, 0.25) is 0 Å². The number of benzene rings is 2. The first-order valence-corrected chi connectivity index (χ1v) is 8.98. The Morgan fingerprint density at radius 1 is 1.07 bits per heavy atom. The molecule has 0 atom stereocenters. The number of ether oxygens (including phenoxy) is 2. The van der Waals surface area contributed by atoms with Gasteiger partial charge in [-0.2, -0.15) is 0 Å². The Hall–Kier alpha value is -2.80. The molecular formula is C20H21BrN2O4. The van der Waals surface area contributed by atoms with Crippen molar-refractivity contribution in [2.24, 2.45) is 0 Å². The summed E-state index contributed by atoms with van der Waals surface area (Å²) in [6.07, 6.45) is 2.90. The molecule has 0 aliphatic heterocycles. The highest BCUT2D eigenvalue weighted by molar-refractivity contribution is 9.10. The van der Waals surface area contributed by atoms with Crippen LogP contribution in [0.1, 0.15) is 16.7 Å². The van der Waals surface area contributed by atoms with Gasteiger partial charge in [-0.3, -0.25) is 20.4 Å². The minimum absolute atomic E-state index is 0.202. The average molecular weight is 433 g/mol. The summed E-state index contributed by atoms with van der Waals surface area (Å²) in [5, 5.41) is 0. The Kier molecular flexibility index (Phi) is 7.43. The van der Waals surface area contributed by atoms with Gasteiger partial charge in [0.15, 0.2) is 6.61 Å². The Bertz CT molecular complexity index is 845. The minimum Gasteiger partial charge on any atom is -0.496 e. The molecule has 7 heteroatoms. The van der Waals surface area contributed by atoms with Crippen molar-refractivity contribution < 1.29 is 19.1 Å². The summed E-state index contributed by atoms with van der Waals surface area (Å²) >= 11 is 3.37. The second kappa shape index (κ2) is 9.78. The molecule has 0 radical (unpaired) electrons. The van der Waals surface area contributed by atoms with Gasteiger partial charge in [-0.05, 0) is 61.4 Å². The van der Waals surface area contributed by atoms with Crippen molar-refractivity contribution in [3.63, 3.8) is 0 Å². The van der Waals surface area contributed by atoms with Crippen LogP contribution < -0.4 is 20.3 Å². The maximum Gasteiger partial charge on any atom is 0.276 e. The Labute approximate surface area is 166 Å². The summed E-state index contributed by atoms with van der Waals surface area (Å²) < 4.78 is 11.5. The van der Waals surface area contributed by atoms with E-state index in [1.165, 1.54) is 6.08 Å². The van der Waals surface area contributed by atoms with E-state index in [4.69, 9.17) is 9.47 Å². The van der Waals surface area contributed by atoms with E-state index in [0.717, 1.165) is 21.2 Å². The van der Waals surface area contributed by atoms with Crippen LogP contribution in [0.2, 0.25) is 0 Å². The standard InChI is InChI=1S/C20H21BrN2O4/c1-13-8-14(2)10-17(9-13)27-12-20(25)23-22-19(24)7-4-15-11-16(21)5-6-18(15)26-3/h4-11H,12H2,1-3H3,(H,22,24)(H,23,25)/b7-4+. The van der Waals surface area contributed by atoms with Gasteiger partial charge in [-0.1, -0.05) is 22.0 Å². The van der Waals surface area contributed by atoms with Crippen LogP contribution in [-0.2, 0) is 9.59 Å². The monoisotopic (exact) mass is 432 g/mol. The molecule has 0 saturated heterocycles. The lowest BCUT2D eigenvalue weighted by Crippen LogP contribution is -2.43. The van der Waals surface area contributed by atoms with E-state index in [0.29, 0.717) is 11.5 Å². The van der Waals surface area contributed by atoms with Crippen molar-refractivity contribution in [3.05, 3.63) is 63.6 Å². The van der Waals surface area contributed by atoms with E-state index in [1.54, 1.807) is 19.3 Å². The van der Waals surface area contributed by atoms with Crippen molar-refractivity contribution in [1.29, 1.82) is 0 Å². The van der Waals surface area contributed by atoms with Gasteiger partial charge < -0.3 is 9.47 Å². The Balaban J connectivity index is 1.82. The molecule has 2 aromatic carbocycles. The Morgan fingerprint density at radius 2 is 1.78 bits per heavy atom. The Morgan fingerprint density at radius 3 is 2.44 bits per heavy atom. The van der Waals surface area contributed by atoms with Crippen molar-refractivity contribution in [2.75, 3.05) is 13.7 Å². The number of rotatable bonds is 6. The highest BCUT2D eigenvalue weighted by Crippen LogP contribution is 2.24. The molecule has 2 rings (SSSR count). The molecule has 0 bridgehead atoms. The summed E-state index contributed by atoms with van der Waals surface area (Å²) in [5.41, 5.74) is 7.43. The molecule has 27 heavy (non-hydrogen) atoms. The summed E-state index contributed by atoms with van der Waals surface area (Å²) in [7, 11) is 1.55. The zero-order valence-corrected chi connectivity index (χ0v) is 16.9. The van der Waals surface area contributed by atoms with E-state index in [9.17, 15) is 9.59 Å². The van der Waals surface area contributed by atoms with Crippen LogP contribution in [0.5, 0.6) is 11.5 Å². The third kappa shape index (κ3) is 6.79. The molecule has 2 aromatic rings. The van der Waals surface area contributed by atoms with E-state index in [2.05, 4.69) is 26.8 Å². The number of hydrazine groups is 1. The molecule has 0 aliphatic carbocycles. The highest BCUT2D eigenvalue weighted by Gasteiger charge is 2.05. The van der Waals surface area contributed by atoms with Gasteiger partial charge in [-0.25, -0.2) is 0 Å². The number of hydrogen-bond acceptors (Lipinski definition) is 4. The van der Waals surface area contributed by atoms with Crippen molar-refractivity contribution in [1.82, 2.24) is 10.9 Å². The summed E-state index contributed by atoms with van der Waals surface area (Å²) in [6, 6.07) is 11.1. The maximum absolute atomic E-state index is 11.9. The first-order valence-electron chi connectivity index (χ1n) is 8.19. The predicted octanol–water partition coefficient (Wildman–Crippen LogP) is 3.31. The lowest BCUT2D eigenvalue weighted by Gasteiger charge is -2.09. The van der Waals surface area contributed by atoms with Gasteiger partial charge in [0.1, 0.15) is 11.5 Å². The zero-order chi connectivity index (χ0) is 19.8. The average Bonchev–Trinajstić information content (AvgIpc) is 2.62. The topological polar surface area (TPSA) is 76.7 Å². The number of nitrogens with one attached hydrogen (secondary N) is 2. The fourth-order valence-electron chi connectivity index (χ4n) is 2.38. The molecule has 2 amide bonds. The number of halogens is 1. The maximum atomic E-state index is 11.9. The predicted molar refractivity (Wildman–Crippen MR) is 107 cm³/mol. The van der Waals surface area contributed by atoms with Crippen LogP contribution in [0.3, 0.4) is 0 Å². The number of methoxy groups -OCH3 is 1. The van der Waals surface area contributed by atoms with Crippen LogP contribution in [0, 0.1) is 13.8 Å². The van der Waals surface area contributed by atoms with Crippen molar-refractivity contribution in [3.8, 4) is 11.5 Å².